The maximum Gasteiger partial charge on any atom is 0.202 e. The molecule has 0 unspecified atom stereocenters. The van der Waals surface area contributed by atoms with Crippen molar-refractivity contribution >= 4 is 21.7 Å². The van der Waals surface area contributed by atoms with Gasteiger partial charge in [-0.15, -0.1) is 0 Å². The average molecular weight is 380 g/mol. The Labute approximate surface area is 145 Å². The molecule has 0 atom stereocenters. The quantitative estimate of drug-likeness (QED) is 0.680. The Kier molecular flexibility index (Phi) is 6.02. The molecule has 1 aromatic carbocycles. The highest BCUT2D eigenvalue weighted by atomic mass is 79.9. The summed E-state index contributed by atoms with van der Waals surface area (Å²) in [6.07, 6.45) is 0. The van der Waals surface area contributed by atoms with E-state index >= 15 is 0 Å². The van der Waals surface area contributed by atoms with Gasteiger partial charge in [-0.1, -0.05) is 6.07 Å². The number of halogens is 1. The summed E-state index contributed by atoms with van der Waals surface area (Å²) in [4.78, 5) is 12.5. The van der Waals surface area contributed by atoms with Gasteiger partial charge < -0.3 is 14.0 Å². The van der Waals surface area contributed by atoms with Crippen molar-refractivity contribution < 1.29 is 14.3 Å². The van der Waals surface area contributed by atoms with Crippen LogP contribution in [-0.4, -0.2) is 30.7 Å². The molecule has 2 aromatic rings. The highest BCUT2D eigenvalue weighted by Crippen LogP contribution is 2.26. The first-order valence-corrected chi connectivity index (χ1v) is 8.31. The van der Waals surface area contributed by atoms with Crippen LogP contribution in [0.1, 0.15) is 27.3 Å². The summed E-state index contributed by atoms with van der Waals surface area (Å²) in [6.45, 7) is 7.35. The second kappa shape index (κ2) is 7.79. The summed E-state index contributed by atoms with van der Waals surface area (Å²) < 4.78 is 13.7. The first-order chi connectivity index (χ1) is 10.9. The number of hydrogen-bond acceptors (Lipinski definition) is 3. The number of benzene rings is 1. The van der Waals surface area contributed by atoms with Gasteiger partial charge in [0.15, 0.2) is 6.61 Å². The van der Waals surface area contributed by atoms with Gasteiger partial charge in [-0.25, -0.2) is 0 Å². The van der Waals surface area contributed by atoms with E-state index in [9.17, 15) is 4.79 Å². The number of nitrogens with zero attached hydrogens (tertiary/aromatic N) is 1. The van der Waals surface area contributed by atoms with Gasteiger partial charge in [0.2, 0.25) is 5.78 Å². The Morgan fingerprint density at radius 2 is 1.96 bits per heavy atom. The second-order valence-electron chi connectivity index (χ2n) is 5.57. The van der Waals surface area contributed by atoms with Gasteiger partial charge in [0, 0.05) is 30.6 Å². The van der Waals surface area contributed by atoms with E-state index in [1.54, 1.807) is 7.11 Å². The van der Waals surface area contributed by atoms with Crippen molar-refractivity contribution in [1.29, 1.82) is 0 Å². The van der Waals surface area contributed by atoms with E-state index in [1.165, 1.54) is 0 Å². The Hall–Kier alpha value is -1.59. The van der Waals surface area contributed by atoms with Crippen LogP contribution in [0.5, 0.6) is 5.75 Å². The van der Waals surface area contributed by atoms with Crippen LogP contribution < -0.4 is 4.74 Å². The third-order valence-electron chi connectivity index (χ3n) is 3.84. The van der Waals surface area contributed by atoms with Crippen LogP contribution >= 0.6 is 15.9 Å². The largest absolute Gasteiger partial charge is 0.484 e. The van der Waals surface area contributed by atoms with Gasteiger partial charge in [-0.2, -0.15) is 0 Å². The van der Waals surface area contributed by atoms with Gasteiger partial charge in [0.25, 0.3) is 0 Å². The molecule has 0 radical (unpaired) electrons. The van der Waals surface area contributed by atoms with E-state index in [1.807, 2.05) is 45.0 Å². The number of aromatic nitrogens is 1. The van der Waals surface area contributed by atoms with Crippen molar-refractivity contribution in [2.24, 2.45) is 0 Å². The van der Waals surface area contributed by atoms with Crippen molar-refractivity contribution in [1.82, 2.24) is 4.57 Å². The first kappa shape index (κ1) is 17.8. The van der Waals surface area contributed by atoms with E-state index in [0.717, 1.165) is 28.0 Å². The monoisotopic (exact) mass is 379 g/mol. The van der Waals surface area contributed by atoms with Crippen LogP contribution in [-0.2, 0) is 11.3 Å². The van der Waals surface area contributed by atoms with Gasteiger partial charge in [0.05, 0.1) is 11.1 Å². The molecule has 0 amide bonds. The molecule has 1 heterocycles. The van der Waals surface area contributed by atoms with Crippen molar-refractivity contribution in [2.75, 3.05) is 20.3 Å². The van der Waals surface area contributed by atoms with E-state index in [4.69, 9.17) is 9.47 Å². The minimum Gasteiger partial charge on any atom is -0.484 e. The molecule has 0 saturated carbocycles. The lowest BCUT2D eigenvalue weighted by Crippen LogP contribution is -2.14. The van der Waals surface area contributed by atoms with Crippen LogP contribution in [0.25, 0.3) is 0 Å². The minimum atomic E-state index is -0.0192. The first-order valence-electron chi connectivity index (χ1n) is 7.52. The topological polar surface area (TPSA) is 40.5 Å². The normalized spacial score (nSPS) is 10.8. The lowest BCUT2D eigenvalue weighted by atomic mass is 10.1. The van der Waals surface area contributed by atoms with Crippen molar-refractivity contribution in [3.63, 3.8) is 0 Å². The fourth-order valence-electron chi connectivity index (χ4n) is 2.55. The highest BCUT2D eigenvalue weighted by molar-refractivity contribution is 9.10. The SMILES string of the molecule is COCCn1c(C)cc(C(=O)COc2ccc(C)cc2Br)c1C. The van der Waals surface area contributed by atoms with Crippen molar-refractivity contribution in [3.8, 4) is 5.75 Å². The third kappa shape index (κ3) is 4.24. The van der Waals surface area contributed by atoms with Crippen LogP contribution in [0.2, 0.25) is 0 Å². The summed E-state index contributed by atoms with van der Waals surface area (Å²) in [5.74, 6) is 0.659. The number of methoxy groups -OCH3 is 1. The van der Waals surface area contributed by atoms with E-state index < -0.39 is 0 Å². The molecule has 0 spiro atoms. The fraction of sp³-hybridized carbons (Fsp3) is 0.389. The van der Waals surface area contributed by atoms with Gasteiger partial charge >= 0.3 is 0 Å². The Morgan fingerprint density at radius 1 is 1.22 bits per heavy atom. The summed E-state index contributed by atoms with van der Waals surface area (Å²) >= 11 is 3.46. The molecule has 0 N–H and O–H groups in total. The highest BCUT2D eigenvalue weighted by Gasteiger charge is 2.16. The van der Waals surface area contributed by atoms with E-state index in [0.29, 0.717) is 17.9 Å². The maximum absolute atomic E-state index is 12.5. The second-order valence-corrected chi connectivity index (χ2v) is 6.43. The Bertz CT molecular complexity index is 707. The molecule has 0 aliphatic heterocycles. The minimum absolute atomic E-state index is 0.0192. The summed E-state index contributed by atoms with van der Waals surface area (Å²) in [5, 5.41) is 0. The zero-order valence-electron chi connectivity index (χ0n) is 14.0. The van der Waals surface area contributed by atoms with E-state index in [2.05, 4.69) is 20.5 Å². The predicted molar refractivity (Wildman–Crippen MR) is 94.5 cm³/mol. The van der Waals surface area contributed by atoms with Crippen molar-refractivity contribution in [3.05, 3.63) is 51.3 Å². The molecule has 0 fully saturated rings. The number of ketones is 1. The molecule has 5 heteroatoms. The maximum atomic E-state index is 12.5. The summed E-state index contributed by atoms with van der Waals surface area (Å²) in [6, 6.07) is 7.72. The molecular formula is C18H22BrNO3. The molecule has 2 rings (SSSR count). The summed E-state index contributed by atoms with van der Waals surface area (Å²) in [5.41, 5.74) is 3.86. The molecular weight excluding hydrogens is 358 g/mol. The van der Waals surface area contributed by atoms with E-state index in [-0.39, 0.29) is 12.4 Å². The number of aryl methyl sites for hydroxylation is 2. The van der Waals surface area contributed by atoms with Crippen LogP contribution in [0, 0.1) is 20.8 Å². The zero-order chi connectivity index (χ0) is 17.0. The molecule has 0 aliphatic carbocycles. The fourth-order valence-corrected chi connectivity index (χ4v) is 3.16. The molecule has 0 aliphatic rings. The average Bonchev–Trinajstić information content (AvgIpc) is 2.79. The number of ether oxygens (including phenoxy) is 2. The number of rotatable bonds is 7. The smallest absolute Gasteiger partial charge is 0.202 e. The Morgan fingerprint density at radius 3 is 2.61 bits per heavy atom. The Balaban J connectivity index is 2.09. The molecule has 0 saturated heterocycles. The molecule has 4 nitrogen and oxygen atoms in total. The van der Waals surface area contributed by atoms with Crippen LogP contribution in [0.4, 0.5) is 0 Å². The van der Waals surface area contributed by atoms with Gasteiger partial charge in [-0.3, -0.25) is 4.79 Å². The molecule has 23 heavy (non-hydrogen) atoms. The standard InChI is InChI=1S/C18H22BrNO3/c1-12-5-6-18(16(19)9-12)23-11-17(21)15-10-13(2)20(14(15)3)7-8-22-4/h5-6,9-10H,7-8,11H2,1-4H3. The number of Topliss-reactive ketones (excluding diaryl/α,β-unsaturated/α-hetero) is 1. The third-order valence-corrected chi connectivity index (χ3v) is 4.46. The van der Waals surface area contributed by atoms with Crippen molar-refractivity contribution in [2.45, 2.75) is 27.3 Å². The lowest BCUT2D eigenvalue weighted by Gasteiger charge is -2.10. The lowest BCUT2D eigenvalue weighted by molar-refractivity contribution is 0.0920. The molecule has 0 bridgehead atoms. The number of carbonyl (C=O) groups is 1. The summed E-state index contributed by atoms with van der Waals surface area (Å²) in [7, 11) is 1.67. The number of hydrogen-bond donors (Lipinski definition) is 0. The number of carbonyl (C=O) groups excluding carboxylic acids is 1. The molecule has 1 aromatic heterocycles. The van der Waals surface area contributed by atoms with Crippen LogP contribution in [0.3, 0.4) is 0 Å². The van der Waals surface area contributed by atoms with Gasteiger partial charge in [-0.05, 0) is 60.5 Å². The van der Waals surface area contributed by atoms with Gasteiger partial charge in [0.1, 0.15) is 5.75 Å². The predicted octanol–water partition coefficient (Wildman–Crippen LogP) is 4.08. The molecule has 124 valence electrons. The van der Waals surface area contributed by atoms with Crippen LogP contribution in [0.15, 0.2) is 28.7 Å². The zero-order valence-corrected chi connectivity index (χ0v) is 15.6.